The van der Waals surface area contributed by atoms with Crippen LogP contribution >= 0.6 is 0 Å². The lowest BCUT2D eigenvalue weighted by Gasteiger charge is -2.50. The van der Waals surface area contributed by atoms with E-state index in [-0.39, 0.29) is 11.0 Å². The molecule has 3 aliphatic carbocycles. The second-order valence-corrected chi connectivity index (χ2v) is 9.85. The lowest BCUT2D eigenvalue weighted by Crippen LogP contribution is -2.52. The molecule has 6 atom stereocenters. The predicted octanol–water partition coefficient (Wildman–Crippen LogP) is 5.42. The van der Waals surface area contributed by atoms with Gasteiger partial charge in [-0.05, 0) is 72.6 Å². The third kappa shape index (κ3) is 1.64. The Balaban J connectivity index is 1.63. The highest BCUT2D eigenvalue weighted by atomic mass is 16.5. The summed E-state index contributed by atoms with van der Waals surface area (Å²) in [6.45, 7) is 9.34. The van der Waals surface area contributed by atoms with Gasteiger partial charge in [0.05, 0.1) is 5.56 Å². The van der Waals surface area contributed by atoms with E-state index in [0.717, 1.165) is 49.3 Å². The van der Waals surface area contributed by atoms with Crippen LogP contribution in [0.25, 0.3) is 0 Å². The maximum absolute atomic E-state index is 12.0. The number of carboxylic acids is 1. The minimum Gasteiger partial charge on any atom is -0.487 e. The van der Waals surface area contributed by atoms with Crippen LogP contribution in [0.4, 0.5) is 0 Å². The molecule has 1 aliphatic heterocycles. The van der Waals surface area contributed by atoms with Gasteiger partial charge in [0.25, 0.3) is 0 Å². The van der Waals surface area contributed by atoms with E-state index in [4.69, 9.17) is 4.74 Å². The van der Waals surface area contributed by atoms with E-state index >= 15 is 0 Å². The number of carbonyl (C=O) groups is 1. The molecular weight excluding hydrogens is 324 g/mol. The molecule has 3 heteroatoms. The Labute approximate surface area is 156 Å². The zero-order chi connectivity index (χ0) is 18.5. The van der Waals surface area contributed by atoms with Gasteiger partial charge < -0.3 is 9.84 Å². The number of unbranched alkanes of at least 4 members (excludes halogenated alkanes) is 2. The minimum atomic E-state index is -0.794. The lowest BCUT2D eigenvalue weighted by molar-refractivity contribution is -0.0777. The van der Waals surface area contributed by atoms with Crippen LogP contribution in [0, 0.1) is 22.7 Å². The zero-order valence-corrected chi connectivity index (χ0v) is 16.4. The quantitative estimate of drug-likeness (QED) is 0.718. The zero-order valence-electron chi connectivity index (χ0n) is 16.4. The van der Waals surface area contributed by atoms with E-state index in [0.29, 0.717) is 22.8 Å². The van der Waals surface area contributed by atoms with Crippen LogP contribution in [0.1, 0.15) is 87.2 Å². The molecule has 3 saturated carbocycles. The number of rotatable bonds is 5. The maximum Gasteiger partial charge on any atom is 0.335 e. The van der Waals surface area contributed by atoms with Crippen molar-refractivity contribution >= 4 is 5.97 Å². The molecule has 1 heterocycles. The van der Waals surface area contributed by atoms with Gasteiger partial charge in [0.15, 0.2) is 0 Å². The Kier molecular flexibility index (Phi) is 3.11. The highest BCUT2D eigenvalue weighted by molar-refractivity contribution is 5.90. The highest BCUT2D eigenvalue weighted by Gasteiger charge is 2.91. The fourth-order valence-corrected chi connectivity index (χ4v) is 7.71. The van der Waals surface area contributed by atoms with E-state index in [2.05, 4.69) is 33.8 Å². The summed E-state index contributed by atoms with van der Waals surface area (Å²) in [5.41, 5.74) is 3.17. The number of hydrogen-bond acceptors (Lipinski definition) is 2. The first-order valence-corrected chi connectivity index (χ1v) is 10.4. The number of fused-ring (bicyclic) bond motifs is 4. The second-order valence-electron chi connectivity index (χ2n) is 9.85. The first-order chi connectivity index (χ1) is 12.3. The van der Waals surface area contributed by atoms with Gasteiger partial charge in [-0.3, -0.25) is 0 Å². The van der Waals surface area contributed by atoms with E-state index in [9.17, 15) is 9.90 Å². The molecule has 4 aliphatic rings. The number of aryl methyl sites for hydroxylation is 1. The topological polar surface area (TPSA) is 46.5 Å². The Morgan fingerprint density at radius 3 is 2.69 bits per heavy atom. The molecule has 0 spiro atoms. The van der Waals surface area contributed by atoms with Gasteiger partial charge in [0, 0.05) is 11.8 Å². The first kappa shape index (κ1) is 16.6. The standard InChI is InChI=1S/C23H30O3/c1-5-6-7-8-13-11-17-15(12-14(13)20(24)25)18-22(3)16-9-10-21(2,26-17)19(16)23(18,22)4/h11-12,16,18-19H,5-10H2,1-4H3,(H,24,25)/t16-,18?,19?,21?,22?,23?/m0/s1. The summed E-state index contributed by atoms with van der Waals surface area (Å²) < 4.78 is 6.69. The van der Waals surface area contributed by atoms with Crippen LogP contribution in [0.15, 0.2) is 12.1 Å². The van der Waals surface area contributed by atoms with Crippen molar-refractivity contribution in [3.8, 4) is 5.75 Å². The van der Waals surface area contributed by atoms with Crippen LogP contribution in [0.3, 0.4) is 0 Å². The van der Waals surface area contributed by atoms with Crippen LogP contribution in [0.2, 0.25) is 0 Å². The summed E-state index contributed by atoms with van der Waals surface area (Å²) in [6, 6.07) is 4.06. The molecule has 5 unspecified atom stereocenters. The van der Waals surface area contributed by atoms with Crippen molar-refractivity contribution in [1.29, 1.82) is 0 Å². The van der Waals surface area contributed by atoms with Crippen molar-refractivity contribution in [2.45, 2.75) is 77.7 Å². The van der Waals surface area contributed by atoms with Gasteiger partial charge in [-0.25, -0.2) is 4.79 Å². The fourth-order valence-electron chi connectivity index (χ4n) is 7.71. The van der Waals surface area contributed by atoms with E-state index < -0.39 is 5.97 Å². The van der Waals surface area contributed by atoms with Gasteiger partial charge in [-0.15, -0.1) is 0 Å². The van der Waals surface area contributed by atoms with Gasteiger partial charge in [0.2, 0.25) is 0 Å². The summed E-state index contributed by atoms with van der Waals surface area (Å²) >= 11 is 0. The van der Waals surface area contributed by atoms with Crippen molar-refractivity contribution in [3.63, 3.8) is 0 Å². The Hall–Kier alpha value is -1.51. The molecule has 0 saturated heterocycles. The molecule has 0 radical (unpaired) electrons. The van der Waals surface area contributed by atoms with E-state index in [1.165, 1.54) is 12.0 Å². The highest BCUT2D eigenvalue weighted by Crippen LogP contribution is 2.95. The largest absolute Gasteiger partial charge is 0.487 e. The number of carboxylic acid groups (broad SMARTS) is 1. The molecule has 1 N–H and O–H groups in total. The monoisotopic (exact) mass is 354 g/mol. The summed E-state index contributed by atoms with van der Waals surface area (Å²) in [5, 5.41) is 9.82. The maximum atomic E-state index is 12.0. The van der Waals surface area contributed by atoms with Gasteiger partial charge in [0.1, 0.15) is 11.4 Å². The Morgan fingerprint density at radius 2 is 2.00 bits per heavy atom. The van der Waals surface area contributed by atoms with Crippen molar-refractivity contribution in [3.05, 3.63) is 28.8 Å². The summed E-state index contributed by atoms with van der Waals surface area (Å²) in [4.78, 5) is 12.0. The SMILES string of the molecule is CCCCCc1cc2c(cc1C(=O)O)C1C3(C)C4[C@H](CCC4(C)O2)C13C. The Bertz CT molecular complexity index is 814. The van der Waals surface area contributed by atoms with Crippen molar-refractivity contribution in [2.24, 2.45) is 22.7 Å². The minimum absolute atomic E-state index is 0.0790. The molecule has 0 amide bonds. The third-order valence-corrected chi connectivity index (χ3v) is 8.87. The van der Waals surface area contributed by atoms with Crippen molar-refractivity contribution in [2.75, 3.05) is 0 Å². The van der Waals surface area contributed by atoms with Crippen molar-refractivity contribution < 1.29 is 14.6 Å². The number of aromatic carboxylic acids is 1. The fraction of sp³-hybridized carbons (Fsp3) is 0.696. The number of ether oxygens (including phenoxy) is 1. The Morgan fingerprint density at radius 1 is 1.23 bits per heavy atom. The normalized spacial score (nSPS) is 43.6. The molecule has 5 rings (SSSR count). The molecule has 26 heavy (non-hydrogen) atoms. The molecular formula is C23H30O3. The third-order valence-electron chi connectivity index (χ3n) is 8.87. The lowest BCUT2D eigenvalue weighted by atomic mass is 9.57. The molecule has 1 aromatic rings. The van der Waals surface area contributed by atoms with Gasteiger partial charge in [-0.2, -0.15) is 0 Å². The molecule has 140 valence electrons. The summed E-state index contributed by atoms with van der Waals surface area (Å²) in [6.07, 6.45) is 6.53. The molecule has 0 bridgehead atoms. The number of benzene rings is 1. The van der Waals surface area contributed by atoms with Crippen LogP contribution in [-0.4, -0.2) is 16.7 Å². The summed E-state index contributed by atoms with van der Waals surface area (Å²) in [7, 11) is 0. The molecule has 1 aromatic carbocycles. The molecule has 3 fully saturated rings. The van der Waals surface area contributed by atoms with Crippen LogP contribution < -0.4 is 4.74 Å². The van der Waals surface area contributed by atoms with Gasteiger partial charge in [-0.1, -0.05) is 33.6 Å². The number of hydrogen-bond donors (Lipinski definition) is 1. The van der Waals surface area contributed by atoms with Gasteiger partial charge >= 0.3 is 5.97 Å². The summed E-state index contributed by atoms with van der Waals surface area (Å²) in [5.74, 6) is 2.01. The smallest absolute Gasteiger partial charge is 0.335 e. The van der Waals surface area contributed by atoms with E-state index in [1.54, 1.807) is 0 Å². The molecule has 3 nitrogen and oxygen atoms in total. The van der Waals surface area contributed by atoms with E-state index in [1.807, 2.05) is 6.07 Å². The average molecular weight is 354 g/mol. The molecule has 0 aromatic heterocycles. The predicted molar refractivity (Wildman–Crippen MR) is 101 cm³/mol. The first-order valence-electron chi connectivity index (χ1n) is 10.4. The van der Waals surface area contributed by atoms with Crippen LogP contribution in [0.5, 0.6) is 5.75 Å². The second kappa shape index (κ2) is 4.85. The van der Waals surface area contributed by atoms with Crippen LogP contribution in [-0.2, 0) is 6.42 Å². The van der Waals surface area contributed by atoms with Crippen molar-refractivity contribution in [1.82, 2.24) is 0 Å². The average Bonchev–Trinajstić information content (AvgIpc) is 2.86.